The zero-order valence-electron chi connectivity index (χ0n) is 21.2. The summed E-state index contributed by atoms with van der Waals surface area (Å²) in [6.07, 6.45) is 0. The summed E-state index contributed by atoms with van der Waals surface area (Å²) in [7, 11) is 0. The summed E-state index contributed by atoms with van der Waals surface area (Å²) in [5, 5.41) is 4.02. The molecule has 1 aliphatic heterocycles. The molecular weight excluding hydrogens is 472 g/mol. The Labute approximate surface area is 215 Å². The van der Waals surface area contributed by atoms with Crippen molar-refractivity contribution in [2.24, 2.45) is 0 Å². The largest absolute Gasteiger partial charge is 0.463 e. The second kappa shape index (κ2) is 10.9. The van der Waals surface area contributed by atoms with Gasteiger partial charge in [-0.05, 0) is 45.7 Å². The van der Waals surface area contributed by atoms with E-state index in [0.717, 1.165) is 32.3 Å². The second-order valence-corrected chi connectivity index (χ2v) is 9.46. The lowest BCUT2D eigenvalue weighted by atomic mass is 9.78. The van der Waals surface area contributed by atoms with Gasteiger partial charge in [-0.2, -0.15) is 0 Å². The highest BCUT2D eigenvalue weighted by Crippen LogP contribution is 2.45. The predicted molar refractivity (Wildman–Crippen MR) is 142 cm³/mol. The Hall–Kier alpha value is -3.71. The maximum Gasteiger partial charge on any atom is 0.336 e. The van der Waals surface area contributed by atoms with Crippen molar-refractivity contribution in [2.75, 3.05) is 13.2 Å². The molecule has 0 atom stereocenters. The fourth-order valence-electron chi connectivity index (χ4n) is 4.58. The van der Waals surface area contributed by atoms with Crippen LogP contribution < -0.4 is 5.32 Å². The van der Waals surface area contributed by atoms with Crippen LogP contribution in [0.1, 0.15) is 44.9 Å². The van der Waals surface area contributed by atoms with Gasteiger partial charge in [0.2, 0.25) is 0 Å². The van der Waals surface area contributed by atoms with Gasteiger partial charge in [0.25, 0.3) is 0 Å². The summed E-state index contributed by atoms with van der Waals surface area (Å²) in [6.45, 7) is 9.65. The number of allylic oxidation sites excluding steroid dienone is 2. The highest BCUT2D eigenvalue weighted by molar-refractivity contribution is 7.18. The Morgan fingerprint density at radius 3 is 2.00 bits per heavy atom. The number of aryl methyl sites for hydroxylation is 1. The normalized spacial score (nSPS) is 14.0. The summed E-state index contributed by atoms with van der Waals surface area (Å²) in [6, 6.07) is 17.9. The van der Waals surface area contributed by atoms with E-state index in [0.29, 0.717) is 22.5 Å². The first-order valence-electron chi connectivity index (χ1n) is 12.0. The van der Waals surface area contributed by atoms with Crippen LogP contribution in [-0.4, -0.2) is 30.1 Å². The fraction of sp³-hybridized carbons (Fsp3) is 0.276. The molecule has 0 bridgehead atoms. The van der Waals surface area contributed by atoms with E-state index in [9.17, 15) is 9.59 Å². The Morgan fingerprint density at radius 2 is 1.42 bits per heavy atom. The first-order valence-corrected chi connectivity index (χ1v) is 12.8. The molecule has 186 valence electrons. The number of thiazole rings is 1. The molecule has 3 aromatic rings. The van der Waals surface area contributed by atoms with Gasteiger partial charge in [-0.3, -0.25) is 0 Å². The Morgan fingerprint density at radius 1 is 0.861 bits per heavy atom. The van der Waals surface area contributed by atoms with Gasteiger partial charge >= 0.3 is 11.9 Å². The molecule has 0 amide bonds. The van der Waals surface area contributed by atoms with Gasteiger partial charge < -0.3 is 14.8 Å². The molecule has 0 saturated heterocycles. The zero-order chi connectivity index (χ0) is 25.8. The number of nitrogens with one attached hydrogen (secondary N) is 1. The lowest BCUT2D eigenvalue weighted by Crippen LogP contribution is -2.32. The maximum atomic E-state index is 13.2. The van der Waals surface area contributed by atoms with Crippen molar-refractivity contribution in [3.05, 3.63) is 88.4 Å². The average molecular weight is 503 g/mol. The first-order chi connectivity index (χ1) is 17.4. The SMILES string of the molecule is CCOC(=O)C1=C(C)NC(C)=C(C(=O)OCC)C1c1ccccc1-c1nc(C)c(-c2ccccc2)s1. The second-order valence-electron chi connectivity index (χ2n) is 8.46. The number of carbonyl (C=O) groups is 2. The van der Waals surface area contributed by atoms with Crippen LogP contribution in [0.3, 0.4) is 0 Å². The molecule has 2 aromatic carbocycles. The number of esters is 2. The molecule has 6 nitrogen and oxygen atoms in total. The molecule has 4 rings (SSSR count). The molecular formula is C29H30N2O4S. The van der Waals surface area contributed by atoms with E-state index in [2.05, 4.69) is 17.4 Å². The molecule has 0 aliphatic carbocycles. The molecule has 0 radical (unpaired) electrons. The number of ether oxygens (including phenoxy) is 2. The third-order valence-electron chi connectivity index (χ3n) is 6.09. The minimum absolute atomic E-state index is 0.230. The van der Waals surface area contributed by atoms with Crippen LogP contribution >= 0.6 is 11.3 Å². The van der Waals surface area contributed by atoms with Crippen molar-refractivity contribution in [3.8, 4) is 21.0 Å². The van der Waals surface area contributed by atoms with Crippen LogP contribution in [-0.2, 0) is 19.1 Å². The molecule has 0 unspecified atom stereocenters. The first kappa shape index (κ1) is 25.4. The van der Waals surface area contributed by atoms with Crippen molar-refractivity contribution >= 4 is 23.3 Å². The highest BCUT2D eigenvalue weighted by atomic mass is 32.1. The molecule has 0 fully saturated rings. The topological polar surface area (TPSA) is 77.5 Å². The number of hydrogen-bond donors (Lipinski definition) is 1. The lowest BCUT2D eigenvalue weighted by molar-refractivity contribution is -0.139. The van der Waals surface area contributed by atoms with Gasteiger partial charge in [0.05, 0.1) is 40.8 Å². The smallest absolute Gasteiger partial charge is 0.336 e. The van der Waals surface area contributed by atoms with E-state index in [1.165, 1.54) is 0 Å². The van der Waals surface area contributed by atoms with E-state index in [1.54, 1.807) is 25.2 Å². The average Bonchev–Trinajstić information content (AvgIpc) is 3.25. The third-order valence-corrected chi connectivity index (χ3v) is 7.33. The van der Waals surface area contributed by atoms with Crippen LogP contribution in [0.2, 0.25) is 0 Å². The van der Waals surface area contributed by atoms with Crippen LogP contribution in [0.5, 0.6) is 0 Å². The fourth-order valence-corrected chi connectivity index (χ4v) is 5.70. The van der Waals surface area contributed by atoms with Crippen LogP contribution in [0.25, 0.3) is 21.0 Å². The van der Waals surface area contributed by atoms with Crippen molar-refractivity contribution < 1.29 is 19.1 Å². The van der Waals surface area contributed by atoms with Crippen LogP contribution in [0.15, 0.2) is 77.1 Å². The van der Waals surface area contributed by atoms with Gasteiger partial charge in [-0.1, -0.05) is 54.6 Å². The molecule has 0 saturated carbocycles. The maximum absolute atomic E-state index is 13.2. The van der Waals surface area contributed by atoms with E-state index < -0.39 is 17.9 Å². The predicted octanol–water partition coefficient (Wildman–Crippen LogP) is 6.15. The van der Waals surface area contributed by atoms with E-state index in [-0.39, 0.29) is 13.2 Å². The Bertz CT molecular complexity index is 1310. The summed E-state index contributed by atoms with van der Waals surface area (Å²) < 4.78 is 10.9. The van der Waals surface area contributed by atoms with Gasteiger partial charge in [0, 0.05) is 17.0 Å². The summed E-state index contributed by atoms with van der Waals surface area (Å²) in [5.74, 6) is -1.58. The standard InChI is InChI=1S/C29H30N2O4S/c1-6-34-28(32)23-17(3)30-18(4)24(29(33)35-7-2)25(23)21-15-11-12-16-22(21)27-31-19(5)26(36-27)20-13-9-8-10-14-20/h8-16,25,30H,6-7H2,1-5H3. The van der Waals surface area contributed by atoms with E-state index >= 15 is 0 Å². The van der Waals surface area contributed by atoms with E-state index in [1.807, 2.05) is 63.2 Å². The molecule has 0 spiro atoms. The summed E-state index contributed by atoms with van der Waals surface area (Å²) in [4.78, 5) is 32.4. The number of rotatable bonds is 7. The van der Waals surface area contributed by atoms with Crippen molar-refractivity contribution in [3.63, 3.8) is 0 Å². The number of nitrogens with zero attached hydrogens (tertiary/aromatic N) is 1. The van der Waals surface area contributed by atoms with Crippen molar-refractivity contribution in [1.82, 2.24) is 10.3 Å². The van der Waals surface area contributed by atoms with E-state index in [4.69, 9.17) is 14.5 Å². The van der Waals surface area contributed by atoms with Crippen molar-refractivity contribution in [2.45, 2.75) is 40.5 Å². The molecule has 1 aliphatic rings. The zero-order valence-corrected chi connectivity index (χ0v) is 22.0. The summed E-state index contributed by atoms with van der Waals surface area (Å²) in [5.41, 5.74) is 5.79. The van der Waals surface area contributed by atoms with Crippen LogP contribution in [0.4, 0.5) is 0 Å². The molecule has 7 heteroatoms. The van der Waals surface area contributed by atoms with Crippen molar-refractivity contribution in [1.29, 1.82) is 0 Å². The highest BCUT2D eigenvalue weighted by Gasteiger charge is 2.39. The molecule has 1 aromatic heterocycles. The number of dihydropyridines is 1. The Balaban J connectivity index is 1.92. The number of aromatic nitrogens is 1. The van der Waals surface area contributed by atoms with Gasteiger partial charge in [0.1, 0.15) is 5.01 Å². The lowest BCUT2D eigenvalue weighted by Gasteiger charge is -2.31. The molecule has 2 heterocycles. The quantitative estimate of drug-likeness (QED) is 0.391. The minimum atomic E-state index is -0.662. The van der Waals surface area contributed by atoms with Gasteiger partial charge in [-0.25, -0.2) is 14.6 Å². The number of carbonyl (C=O) groups excluding carboxylic acids is 2. The molecule has 36 heavy (non-hydrogen) atoms. The number of hydrogen-bond acceptors (Lipinski definition) is 7. The molecule has 1 N–H and O–H groups in total. The Kier molecular flexibility index (Phi) is 7.70. The van der Waals surface area contributed by atoms with Gasteiger partial charge in [-0.15, -0.1) is 11.3 Å². The van der Waals surface area contributed by atoms with Crippen LogP contribution in [0, 0.1) is 6.92 Å². The van der Waals surface area contributed by atoms with Gasteiger partial charge in [0.15, 0.2) is 0 Å². The summed E-state index contributed by atoms with van der Waals surface area (Å²) >= 11 is 1.59. The third kappa shape index (κ3) is 4.84. The number of benzene rings is 2. The minimum Gasteiger partial charge on any atom is -0.463 e. The monoisotopic (exact) mass is 502 g/mol.